The quantitative estimate of drug-likeness (QED) is 0.619. The highest BCUT2D eigenvalue weighted by molar-refractivity contribution is 7.18. The molecule has 0 fully saturated rings. The standard InChI is InChI=1S/C21H23N3O2S/c1-13-17(14(2)26-23-13)12-24(3)21(25)16-9-5-4-8-15(16)20-22-18-10-6-7-11-19(18)27-20/h4-7,10-11,15-16H,8-9,12H2,1-3H3. The summed E-state index contributed by atoms with van der Waals surface area (Å²) >= 11 is 1.71. The van der Waals surface area contributed by atoms with Crippen molar-refractivity contribution in [2.45, 2.75) is 39.2 Å². The Balaban J connectivity index is 1.58. The number of fused-ring (bicyclic) bond motifs is 1. The van der Waals surface area contributed by atoms with E-state index in [0.29, 0.717) is 6.54 Å². The number of para-hydroxylation sites is 1. The lowest BCUT2D eigenvalue weighted by atomic mass is 9.82. The molecule has 2 atom stereocenters. The number of aryl methyl sites for hydroxylation is 2. The SMILES string of the molecule is Cc1noc(C)c1CN(C)C(=O)C1CC=CCC1c1nc2ccccc2s1. The molecule has 1 aliphatic rings. The fraction of sp³-hybridized carbons (Fsp3) is 0.381. The van der Waals surface area contributed by atoms with Gasteiger partial charge in [0.15, 0.2) is 0 Å². The number of benzene rings is 1. The van der Waals surface area contributed by atoms with E-state index in [-0.39, 0.29) is 17.7 Å². The second-order valence-corrected chi connectivity index (χ2v) is 8.23. The predicted molar refractivity (Wildman–Crippen MR) is 107 cm³/mol. The summed E-state index contributed by atoms with van der Waals surface area (Å²) in [5.41, 5.74) is 2.86. The molecule has 2 aromatic heterocycles. The molecule has 6 heteroatoms. The second-order valence-electron chi connectivity index (χ2n) is 7.17. The van der Waals surface area contributed by atoms with Gasteiger partial charge in [-0.15, -0.1) is 11.3 Å². The number of hydrogen-bond acceptors (Lipinski definition) is 5. The van der Waals surface area contributed by atoms with Crippen molar-refractivity contribution < 1.29 is 9.32 Å². The van der Waals surface area contributed by atoms with Crippen molar-refractivity contribution in [1.29, 1.82) is 0 Å². The van der Waals surface area contributed by atoms with Crippen LogP contribution < -0.4 is 0 Å². The second kappa shape index (κ2) is 7.27. The number of thiazole rings is 1. The van der Waals surface area contributed by atoms with Crippen molar-refractivity contribution in [1.82, 2.24) is 15.0 Å². The van der Waals surface area contributed by atoms with Crippen LogP contribution in [0.2, 0.25) is 0 Å². The van der Waals surface area contributed by atoms with Crippen LogP contribution in [0.5, 0.6) is 0 Å². The molecule has 0 N–H and O–H groups in total. The molecule has 1 aliphatic carbocycles. The van der Waals surface area contributed by atoms with Gasteiger partial charge in [-0.3, -0.25) is 4.79 Å². The van der Waals surface area contributed by atoms with Crippen LogP contribution in [-0.4, -0.2) is 28.0 Å². The number of carbonyl (C=O) groups is 1. The van der Waals surface area contributed by atoms with Gasteiger partial charge in [0.05, 0.1) is 33.4 Å². The molecule has 140 valence electrons. The largest absolute Gasteiger partial charge is 0.361 e. The lowest BCUT2D eigenvalue weighted by Gasteiger charge is -2.30. The molecule has 1 amide bonds. The lowest BCUT2D eigenvalue weighted by molar-refractivity contribution is -0.135. The van der Waals surface area contributed by atoms with Crippen molar-refractivity contribution >= 4 is 27.5 Å². The summed E-state index contributed by atoms with van der Waals surface area (Å²) in [7, 11) is 1.86. The van der Waals surface area contributed by atoms with Crippen LogP contribution in [0.1, 0.15) is 40.8 Å². The van der Waals surface area contributed by atoms with Gasteiger partial charge in [-0.1, -0.05) is 29.4 Å². The van der Waals surface area contributed by atoms with Gasteiger partial charge in [0.2, 0.25) is 5.91 Å². The highest BCUT2D eigenvalue weighted by Gasteiger charge is 2.34. The first-order chi connectivity index (χ1) is 13.0. The summed E-state index contributed by atoms with van der Waals surface area (Å²) in [4.78, 5) is 19.9. The van der Waals surface area contributed by atoms with E-state index < -0.39 is 0 Å². The number of aromatic nitrogens is 2. The smallest absolute Gasteiger partial charge is 0.226 e. The summed E-state index contributed by atoms with van der Waals surface area (Å²) in [6.45, 7) is 4.32. The number of amides is 1. The van der Waals surface area contributed by atoms with Crippen LogP contribution in [0, 0.1) is 19.8 Å². The number of rotatable bonds is 4. The van der Waals surface area contributed by atoms with Gasteiger partial charge in [0.25, 0.3) is 0 Å². The van der Waals surface area contributed by atoms with Crippen molar-refractivity contribution in [2.24, 2.45) is 5.92 Å². The fourth-order valence-corrected chi connectivity index (χ4v) is 4.88. The van der Waals surface area contributed by atoms with Crippen LogP contribution in [-0.2, 0) is 11.3 Å². The van der Waals surface area contributed by atoms with E-state index in [1.54, 1.807) is 16.2 Å². The molecule has 4 rings (SSSR count). The fourth-order valence-electron chi connectivity index (χ4n) is 3.73. The first-order valence-corrected chi connectivity index (χ1v) is 10.0. The molecular weight excluding hydrogens is 358 g/mol. The third-order valence-corrected chi connectivity index (χ3v) is 6.50. The molecule has 0 aliphatic heterocycles. The maximum Gasteiger partial charge on any atom is 0.226 e. The van der Waals surface area contributed by atoms with Gasteiger partial charge in [-0.25, -0.2) is 4.98 Å². The Labute approximate surface area is 162 Å². The first kappa shape index (κ1) is 17.9. The molecule has 1 aromatic carbocycles. The highest BCUT2D eigenvalue weighted by Crippen LogP contribution is 2.39. The average Bonchev–Trinajstić information content (AvgIpc) is 3.25. The normalized spacial score (nSPS) is 19.5. The summed E-state index contributed by atoms with van der Waals surface area (Å²) in [6, 6.07) is 8.17. The van der Waals surface area contributed by atoms with Crippen LogP contribution in [0.15, 0.2) is 40.9 Å². The van der Waals surface area contributed by atoms with Crippen molar-refractivity contribution in [3.05, 3.63) is 58.4 Å². The molecule has 0 saturated heterocycles. The summed E-state index contributed by atoms with van der Waals surface area (Å²) in [5.74, 6) is 0.982. The molecule has 0 radical (unpaired) electrons. The highest BCUT2D eigenvalue weighted by atomic mass is 32.1. The minimum absolute atomic E-state index is 0.0824. The zero-order valence-corrected chi connectivity index (χ0v) is 16.6. The Morgan fingerprint density at radius 3 is 2.78 bits per heavy atom. The van der Waals surface area contributed by atoms with Crippen LogP contribution in [0.3, 0.4) is 0 Å². The van der Waals surface area contributed by atoms with Gasteiger partial charge < -0.3 is 9.42 Å². The average molecular weight is 382 g/mol. The van der Waals surface area contributed by atoms with Gasteiger partial charge in [0, 0.05) is 18.5 Å². The zero-order chi connectivity index (χ0) is 19.0. The summed E-state index contributed by atoms with van der Waals surface area (Å²) in [5, 5.41) is 5.06. The van der Waals surface area contributed by atoms with E-state index in [2.05, 4.69) is 23.4 Å². The van der Waals surface area contributed by atoms with E-state index in [1.165, 1.54) is 4.70 Å². The Hall–Kier alpha value is -2.47. The van der Waals surface area contributed by atoms with E-state index in [0.717, 1.165) is 40.4 Å². The lowest BCUT2D eigenvalue weighted by Crippen LogP contribution is -2.36. The topological polar surface area (TPSA) is 59.2 Å². The van der Waals surface area contributed by atoms with Crippen LogP contribution in [0.4, 0.5) is 0 Å². The third-order valence-electron chi connectivity index (χ3n) is 5.33. The summed E-state index contributed by atoms with van der Waals surface area (Å²) in [6.07, 6.45) is 5.91. The minimum atomic E-state index is -0.0824. The van der Waals surface area contributed by atoms with Crippen molar-refractivity contribution in [2.75, 3.05) is 7.05 Å². The molecular formula is C21H23N3O2S. The maximum absolute atomic E-state index is 13.3. The number of nitrogens with zero attached hydrogens (tertiary/aromatic N) is 3. The van der Waals surface area contributed by atoms with Gasteiger partial charge in [-0.05, 0) is 38.8 Å². The van der Waals surface area contributed by atoms with Gasteiger partial charge in [0.1, 0.15) is 5.76 Å². The molecule has 5 nitrogen and oxygen atoms in total. The molecule has 0 bridgehead atoms. The molecule has 0 saturated carbocycles. The van der Waals surface area contributed by atoms with E-state index in [1.807, 2.05) is 39.1 Å². The van der Waals surface area contributed by atoms with E-state index >= 15 is 0 Å². The molecule has 0 spiro atoms. The van der Waals surface area contributed by atoms with Crippen LogP contribution in [0.25, 0.3) is 10.2 Å². The van der Waals surface area contributed by atoms with Crippen molar-refractivity contribution in [3.8, 4) is 0 Å². The summed E-state index contributed by atoms with van der Waals surface area (Å²) < 4.78 is 6.42. The van der Waals surface area contributed by atoms with Gasteiger partial charge >= 0.3 is 0 Å². The van der Waals surface area contributed by atoms with E-state index in [9.17, 15) is 4.79 Å². The van der Waals surface area contributed by atoms with Crippen LogP contribution >= 0.6 is 11.3 Å². The zero-order valence-electron chi connectivity index (χ0n) is 15.8. The molecule has 3 aromatic rings. The third kappa shape index (κ3) is 3.41. The maximum atomic E-state index is 13.3. The Morgan fingerprint density at radius 1 is 1.26 bits per heavy atom. The predicted octanol–water partition coefficient (Wildman–Crippen LogP) is 4.61. The molecule has 2 unspecified atom stereocenters. The van der Waals surface area contributed by atoms with E-state index in [4.69, 9.17) is 9.51 Å². The minimum Gasteiger partial charge on any atom is -0.361 e. The Bertz CT molecular complexity index is 951. The molecule has 2 heterocycles. The molecule has 27 heavy (non-hydrogen) atoms. The first-order valence-electron chi connectivity index (χ1n) is 9.21. The Kier molecular flexibility index (Phi) is 4.83. The number of carbonyl (C=O) groups excluding carboxylic acids is 1. The number of allylic oxidation sites excluding steroid dienone is 2. The Morgan fingerprint density at radius 2 is 2.04 bits per heavy atom. The monoisotopic (exact) mass is 381 g/mol. The number of hydrogen-bond donors (Lipinski definition) is 0. The van der Waals surface area contributed by atoms with Crippen molar-refractivity contribution in [3.63, 3.8) is 0 Å². The van der Waals surface area contributed by atoms with Gasteiger partial charge in [-0.2, -0.15) is 0 Å².